The van der Waals surface area contributed by atoms with Crippen LogP contribution in [-0.2, 0) is 6.42 Å². The number of aryl methyl sites for hydroxylation is 1. The molecule has 0 aliphatic rings. The minimum atomic E-state index is -0.997. The zero-order chi connectivity index (χ0) is 11.6. The number of rotatable bonds is 3. The summed E-state index contributed by atoms with van der Waals surface area (Å²) in [6.45, 7) is 5.86. The van der Waals surface area contributed by atoms with Crippen LogP contribution >= 0.6 is 0 Å². The number of aromatic nitrogens is 1. The molecule has 0 spiro atoms. The molecule has 4 nitrogen and oxygen atoms in total. The summed E-state index contributed by atoms with van der Waals surface area (Å²) in [6, 6.07) is 1.50. The van der Waals surface area contributed by atoms with Gasteiger partial charge in [-0.2, -0.15) is 0 Å². The van der Waals surface area contributed by atoms with Gasteiger partial charge >= 0.3 is 5.97 Å². The lowest BCUT2D eigenvalue weighted by Gasteiger charge is -2.10. The van der Waals surface area contributed by atoms with E-state index in [0.29, 0.717) is 29.4 Å². The number of pyridine rings is 1. The lowest BCUT2D eigenvalue weighted by atomic mass is 10.0. The van der Waals surface area contributed by atoms with Crippen LogP contribution < -0.4 is 5.73 Å². The Balaban J connectivity index is 3.22. The molecule has 0 unspecified atom stereocenters. The highest BCUT2D eigenvalue weighted by molar-refractivity contribution is 5.94. The highest BCUT2D eigenvalue weighted by atomic mass is 16.4. The Morgan fingerprint density at radius 2 is 2.20 bits per heavy atom. The van der Waals surface area contributed by atoms with Crippen molar-refractivity contribution >= 4 is 11.7 Å². The van der Waals surface area contributed by atoms with Crippen LogP contribution in [-0.4, -0.2) is 16.1 Å². The fourth-order valence-corrected chi connectivity index (χ4v) is 1.47. The first-order valence-electron chi connectivity index (χ1n) is 4.91. The standard InChI is InChI=1S/C11H16N2O2/c1-6(2)4-9-10(12)8(11(14)15)5-7(3)13-9/h5-6H,4,12H2,1-3H3,(H,14,15). The second kappa shape index (κ2) is 4.29. The summed E-state index contributed by atoms with van der Waals surface area (Å²) in [5.74, 6) is -0.591. The van der Waals surface area contributed by atoms with Crippen LogP contribution in [0.25, 0.3) is 0 Å². The summed E-state index contributed by atoms with van der Waals surface area (Å²) in [5.41, 5.74) is 7.58. The van der Waals surface area contributed by atoms with Gasteiger partial charge < -0.3 is 10.8 Å². The van der Waals surface area contributed by atoms with E-state index in [1.807, 2.05) is 13.8 Å². The molecule has 15 heavy (non-hydrogen) atoms. The number of hydrogen-bond donors (Lipinski definition) is 2. The van der Waals surface area contributed by atoms with Crippen molar-refractivity contribution in [3.63, 3.8) is 0 Å². The van der Waals surface area contributed by atoms with Crippen LogP contribution in [0.15, 0.2) is 6.07 Å². The molecular weight excluding hydrogens is 192 g/mol. The number of nitrogens with two attached hydrogens (primary N) is 1. The van der Waals surface area contributed by atoms with Gasteiger partial charge in [-0.15, -0.1) is 0 Å². The van der Waals surface area contributed by atoms with E-state index in [9.17, 15) is 4.79 Å². The predicted octanol–water partition coefficient (Wildman–Crippen LogP) is 1.87. The van der Waals surface area contributed by atoms with Crippen molar-refractivity contribution in [1.82, 2.24) is 4.98 Å². The van der Waals surface area contributed by atoms with Crippen molar-refractivity contribution in [2.24, 2.45) is 5.92 Å². The third-order valence-corrected chi connectivity index (χ3v) is 2.10. The summed E-state index contributed by atoms with van der Waals surface area (Å²) >= 11 is 0. The van der Waals surface area contributed by atoms with Crippen LogP contribution in [0.1, 0.15) is 35.6 Å². The Morgan fingerprint density at radius 3 is 2.67 bits per heavy atom. The fourth-order valence-electron chi connectivity index (χ4n) is 1.47. The smallest absolute Gasteiger partial charge is 0.337 e. The predicted molar refractivity (Wildman–Crippen MR) is 58.9 cm³/mol. The van der Waals surface area contributed by atoms with Crippen LogP contribution in [0.2, 0.25) is 0 Å². The van der Waals surface area contributed by atoms with Gasteiger partial charge in [-0.3, -0.25) is 4.98 Å². The molecule has 0 aromatic carbocycles. The van der Waals surface area contributed by atoms with E-state index >= 15 is 0 Å². The maximum atomic E-state index is 10.9. The Morgan fingerprint density at radius 1 is 1.60 bits per heavy atom. The van der Waals surface area contributed by atoms with Crippen LogP contribution in [0.3, 0.4) is 0 Å². The van der Waals surface area contributed by atoms with Gasteiger partial charge in [-0.1, -0.05) is 13.8 Å². The third kappa shape index (κ3) is 2.68. The van der Waals surface area contributed by atoms with E-state index in [1.165, 1.54) is 6.07 Å². The molecule has 1 heterocycles. The van der Waals surface area contributed by atoms with Gasteiger partial charge in [0.2, 0.25) is 0 Å². The molecule has 0 aliphatic heterocycles. The molecule has 0 atom stereocenters. The molecular formula is C11H16N2O2. The lowest BCUT2D eigenvalue weighted by Crippen LogP contribution is -2.10. The van der Waals surface area contributed by atoms with E-state index in [-0.39, 0.29) is 5.56 Å². The highest BCUT2D eigenvalue weighted by Crippen LogP contribution is 2.20. The Hall–Kier alpha value is -1.58. The average molecular weight is 208 g/mol. The number of carboxylic acids is 1. The van der Waals surface area contributed by atoms with Crippen molar-refractivity contribution < 1.29 is 9.90 Å². The molecule has 0 fully saturated rings. The van der Waals surface area contributed by atoms with Gasteiger partial charge in [0.15, 0.2) is 0 Å². The topological polar surface area (TPSA) is 76.2 Å². The molecule has 1 rings (SSSR count). The summed E-state index contributed by atoms with van der Waals surface area (Å²) < 4.78 is 0. The van der Waals surface area contributed by atoms with Gasteiger partial charge in [0.05, 0.1) is 16.9 Å². The molecule has 1 aromatic heterocycles. The first-order chi connectivity index (χ1) is 6.91. The zero-order valence-electron chi connectivity index (χ0n) is 9.24. The number of nitrogens with zero attached hydrogens (tertiary/aromatic N) is 1. The maximum Gasteiger partial charge on any atom is 0.337 e. The van der Waals surface area contributed by atoms with Crippen molar-refractivity contribution in [2.45, 2.75) is 27.2 Å². The van der Waals surface area contributed by atoms with Gasteiger partial charge in [0.25, 0.3) is 0 Å². The molecule has 0 aliphatic carbocycles. The molecule has 0 amide bonds. The first kappa shape index (κ1) is 11.5. The molecule has 1 aromatic rings. The lowest BCUT2D eigenvalue weighted by molar-refractivity contribution is 0.0697. The van der Waals surface area contributed by atoms with E-state index in [1.54, 1.807) is 6.92 Å². The Kier molecular flexibility index (Phi) is 3.29. The third-order valence-electron chi connectivity index (χ3n) is 2.10. The van der Waals surface area contributed by atoms with E-state index in [0.717, 1.165) is 0 Å². The normalized spacial score (nSPS) is 10.7. The number of anilines is 1. The molecule has 4 heteroatoms. The van der Waals surface area contributed by atoms with Crippen molar-refractivity contribution in [3.05, 3.63) is 23.0 Å². The summed E-state index contributed by atoms with van der Waals surface area (Å²) in [4.78, 5) is 15.2. The average Bonchev–Trinajstić information content (AvgIpc) is 2.09. The largest absolute Gasteiger partial charge is 0.478 e. The molecule has 0 saturated heterocycles. The number of carbonyl (C=O) groups is 1. The molecule has 0 saturated carbocycles. The fraction of sp³-hybridized carbons (Fsp3) is 0.455. The van der Waals surface area contributed by atoms with Crippen molar-refractivity contribution in [1.29, 1.82) is 0 Å². The zero-order valence-corrected chi connectivity index (χ0v) is 9.24. The van der Waals surface area contributed by atoms with E-state index < -0.39 is 5.97 Å². The molecule has 3 N–H and O–H groups in total. The molecule has 82 valence electrons. The summed E-state index contributed by atoms with van der Waals surface area (Å²) in [7, 11) is 0. The van der Waals surface area contributed by atoms with Gasteiger partial charge in [0.1, 0.15) is 0 Å². The number of aromatic carboxylic acids is 1. The van der Waals surface area contributed by atoms with Gasteiger partial charge in [-0.25, -0.2) is 4.79 Å². The van der Waals surface area contributed by atoms with Crippen molar-refractivity contribution in [2.75, 3.05) is 5.73 Å². The number of nitrogen functional groups attached to an aromatic ring is 1. The SMILES string of the molecule is Cc1cc(C(=O)O)c(N)c(CC(C)C)n1. The van der Waals surface area contributed by atoms with E-state index in [4.69, 9.17) is 10.8 Å². The summed E-state index contributed by atoms with van der Waals surface area (Å²) in [5, 5.41) is 8.94. The maximum absolute atomic E-state index is 10.9. The quantitative estimate of drug-likeness (QED) is 0.795. The second-order valence-electron chi connectivity index (χ2n) is 4.07. The number of carboxylic acid groups (broad SMARTS) is 1. The van der Waals surface area contributed by atoms with Gasteiger partial charge in [-0.05, 0) is 25.3 Å². The van der Waals surface area contributed by atoms with Crippen LogP contribution in [0, 0.1) is 12.8 Å². The monoisotopic (exact) mass is 208 g/mol. The molecule has 0 radical (unpaired) electrons. The van der Waals surface area contributed by atoms with Gasteiger partial charge in [0, 0.05) is 5.69 Å². The minimum absolute atomic E-state index is 0.151. The molecule has 0 bridgehead atoms. The Bertz CT molecular complexity index is 386. The van der Waals surface area contributed by atoms with Crippen LogP contribution in [0.5, 0.6) is 0 Å². The number of hydrogen-bond acceptors (Lipinski definition) is 3. The first-order valence-corrected chi connectivity index (χ1v) is 4.91. The van der Waals surface area contributed by atoms with Crippen molar-refractivity contribution in [3.8, 4) is 0 Å². The Labute approximate surface area is 89.1 Å². The van der Waals surface area contributed by atoms with E-state index in [2.05, 4.69) is 4.98 Å². The second-order valence-corrected chi connectivity index (χ2v) is 4.07. The van der Waals surface area contributed by atoms with Crippen LogP contribution in [0.4, 0.5) is 5.69 Å². The summed E-state index contributed by atoms with van der Waals surface area (Å²) in [6.07, 6.45) is 0.702. The highest BCUT2D eigenvalue weighted by Gasteiger charge is 2.14. The minimum Gasteiger partial charge on any atom is -0.478 e.